The first-order valence-electron chi connectivity index (χ1n) is 5.97. The number of carbonyl (C=O) groups excluding carboxylic acids is 1. The first-order chi connectivity index (χ1) is 8.56. The third kappa shape index (κ3) is 4.00. The lowest BCUT2D eigenvalue weighted by atomic mass is 10.1. The van der Waals surface area contributed by atoms with Crippen molar-refractivity contribution in [2.24, 2.45) is 0 Å². The summed E-state index contributed by atoms with van der Waals surface area (Å²) >= 11 is 0. The van der Waals surface area contributed by atoms with Gasteiger partial charge in [0.2, 0.25) is 0 Å². The number of anilines is 1. The van der Waals surface area contributed by atoms with Crippen LogP contribution < -0.4 is 5.73 Å². The normalized spacial score (nSPS) is 10.4. The summed E-state index contributed by atoms with van der Waals surface area (Å²) in [5, 5.41) is 8.65. The van der Waals surface area contributed by atoms with Crippen molar-refractivity contribution in [3.05, 3.63) is 29.6 Å². The monoisotopic (exact) mass is 254 g/mol. The average molecular weight is 254 g/mol. The highest BCUT2D eigenvalue weighted by Gasteiger charge is 2.12. The predicted octanol–water partition coefficient (Wildman–Crippen LogP) is 1.64. The Kier molecular flexibility index (Phi) is 5.58. The predicted molar refractivity (Wildman–Crippen MR) is 68.7 cm³/mol. The van der Waals surface area contributed by atoms with Crippen LogP contribution in [-0.2, 0) is 0 Å². The Balaban J connectivity index is 2.54. The molecule has 100 valence electrons. The largest absolute Gasteiger partial charge is 0.396 e. The molecular formula is C13H19FN2O2. The summed E-state index contributed by atoms with van der Waals surface area (Å²) in [6.07, 6.45) is 2.45. The van der Waals surface area contributed by atoms with Crippen LogP contribution in [0.5, 0.6) is 0 Å². The van der Waals surface area contributed by atoms with Gasteiger partial charge in [0.25, 0.3) is 5.91 Å². The molecule has 5 heteroatoms. The van der Waals surface area contributed by atoms with E-state index in [0.717, 1.165) is 19.3 Å². The summed E-state index contributed by atoms with van der Waals surface area (Å²) < 4.78 is 13.0. The van der Waals surface area contributed by atoms with Crippen LogP contribution in [0.4, 0.5) is 10.1 Å². The van der Waals surface area contributed by atoms with E-state index in [-0.39, 0.29) is 18.2 Å². The lowest BCUT2D eigenvalue weighted by Crippen LogP contribution is -2.27. The topological polar surface area (TPSA) is 66.6 Å². The number of nitrogens with zero attached hydrogens (tertiary/aromatic N) is 1. The highest BCUT2D eigenvalue weighted by Crippen LogP contribution is 2.14. The van der Waals surface area contributed by atoms with Crippen molar-refractivity contribution in [1.29, 1.82) is 0 Å². The number of halogens is 1. The first kappa shape index (κ1) is 14.4. The Hall–Kier alpha value is -1.62. The number of aliphatic hydroxyl groups excluding tert-OH is 1. The minimum atomic E-state index is -0.517. The van der Waals surface area contributed by atoms with Crippen LogP contribution >= 0.6 is 0 Å². The molecule has 0 aromatic heterocycles. The second-order valence-corrected chi connectivity index (χ2v) is 4.25. The molecular weight excluding hydrogens is 235 g/mol. The van der Waals surface area contributed by atoms with Crippen LogP contribution in [0.2, 0.25) is 0 Å². The quantitative estimate of drug-likeness (QED) is 0.599. The third-order valence-corrected chi connectivity index (χ3v) is 2.74. The first-order valence-corrected chi connectivity index (χ1v) is 5.97. The zero-order valence-corrected chi connectivity index (χ0v) is 10.5. The maximum Gasteiger partial charge on any atom is 0.253 e. The van der Waals surface area contributed by atoms with Gasteiger partial charge < -0.3 is 15.7 Å². The van der Waals surface area contributed by atoms with Crippen LogP contribution in [0.25, 0.3) is 0 Å². The molecule has 0 aliphatic heterocycles. The highest BCUT2D eigenvalue weighted by atomic mass is 19.1. The summed E-state index contributed by atoms with van der Waals surface area (Å²) in [6, 6.07) is 3.97. The fourth-order valence-corrected chi connectivity index (χ4v) is 1.64. The maximum absolute atomic E-state index is 13.0. The van der Waals surface area contributed by atoms with Crippen LogP contribution in [0.3, 0.4) is 0 Å². The van der Waals surface area contributed by atoms with E-state index in [0.29, 0.717) is 12.1 Å². The van der Waals surface area contributed by atoms with Crippen molar-refractivity contribution < 1.29 is 14.3 Å². The second-order valence-electron chi connectivity index (χ2n) is 4.25. The molecule has 1 rings (SSSR count). The second kappa shape index (κ2) is 6.96. The van der Waals surface area contributed by atoms with Crippen LogP contribution in [0.15, 0.2) is 18.2 Å². The van der Waals surface area contributed by atoms with Gasteiger partial charge in [0, 0.05) is 25.8 Å². The van der Waals surface area contributed by atoms with E-state index in [2.05, 4.69) is 0 Å². The molecule has 1 amide bonds. The Morgan fingerprint density at radius 3 is 2.72 bits per heavy atom. The zero-order valence-electron chi connectivity index (χ0n) is 10.5. The summed E-state index contributed by atoms with van der Waals surface area (Å²) in [7, 11) is 1.70. The number of carbonyl (C=O) groups is 1. The molecule has 0 saturated heterocycles. The third-order valence-electron chi connectivity index (χ3n) is 2.74. The molecule has 0 bridgehead atoms. The van der Waals surface area contributed by atoms with E-state index in [1.54, 1.807) is 11.9 Å². The summed E-state index contributed by atoms with van der Waals surface area (Å²) in [6.45, 7) is 0.780. The molecule has 0 aliphatic carbocycles. The number of rotatable bonds is 6. The van der Waals surface area contributed by atoms with Gasteiger partial charge in [-0.15, -0.1) is 0 Å². The number of amides is 1. The fourth-order valence-electron chi connectivity index (χ4n) is 1.64. The van der Waals surface area contributed by atoms with Crippen molar-refractivity contribution in [3.8, 4) is 0 Å². The number of hydrogen-bond acceptors (Lipinski definition) is 3. The van der Waals surface area contributed by atoms with Crippen molar-refractivity contribution in [2.45, 2.75) is 19.3 Å². The minimum absolute atomic E-state index is 0.0190. The lowest BCUT2D eigenvalue weighted by molar-refractivity contribution is 0.0792. The van der Waals surface area contributed by atoms with Crippen molar-refractivity contribution in [3.63, 3.8) is 0 Å². The van der Waals surface area contributed by atoms with E-state index in [1.807, 2.05) is 0 Å². The zero-order chi connectivity index (χ0) is 13.5. The van der Waals surface area contributed by atoms with Gasteiger partial charge in [0.1, 0.15) is 5.82 Å². The molecule has 1 aromatic rings. The van der Waals surface area contributed by atoms with E-state index >= 15 is 0 Å². The maximum atomic E-state index is 13.0. The molecule has 4 nitrogen and oxygen atoms in total. The van der Waals surface area contributed by atoms with E-state index < -0.39 is 5.82 Å². The lowest BCUT2D eigenvalue weighted by Gasteiger charge is -2.17. The van der Waals surface area contributed by atoms with Gasteiger partial charge >= 0.3 is 0 Å². The number of nitrogen functional groups attached to an aromatic ring is 1. The van der Waals surface area contributed by atoms with E-state index in [4.69, 9.17) is 10.8 Å². The molecule has 0 heterocycles. The van der Waals surface area contributed by atoms with Crippen molar-refractivity contribution >= 4 is 11.6 Å². The number of aliphatic hydroxyl groups is 1. The molecule has 3 N–H and O–H groups in total. The highest BCUT2D eigenvalue weighted by molar-refractivity contribution is 5.94. The molecule has 0 unspecified atom stereocenters. The van der Waals surface area contributed by atoms with Gasteiger partial charge in [-0.25, -0.2) is 4.39 Å². The Morgan fingerprint density at radius 2 is 2.11 bits per heavy atom. The smallest absolute Gasteiger partial charge is 0.253 e. The molecule has 1 aromatic carbocycles. The molecule has 0 atom stereocenters. The summed E-state index contributed by atoms with van der Waals surface area (Å²) in [5.74, 6) is -0.692. The molecule has 18 heavy (non-hydrogen) atoms. The number of nitrogens with two attached hydrogens (primary N) is 1. The van der Waals surface area contributed by atoms with Crippen LogP contribution in [0.1, 0.15) is 29.6 Å². The standard InChI is InChI=1S/C13H19FN2O2/c1-16(7-3-2-4-8-17)13(18)10-5-6-11(14)12(15)9-10/h5-6,9,17H,2-4,7-8,15H2,1H3. The average Bonchev–Trinajstić information content (AvgIpc) is 2.37. The molecule has 0 radical (unpaired) electrons. The van der Waals surface area contributed by atoms with Gasteiger partial charge in [-0.3, -0.25) is 4.79 Å². The van der Waals surface area contributed by atoms with Crippen LogP contribution in [0, 0.1) is 5.82 Å². The van der Waals surface area contributed by atoms with Crippen LogP contribution in [-0.4, -0.2) is 36.1 Å². The molecule has 0 aliphatic rings. The molecule has 0 fully saturated rings. The summed E-state index contributed by atoms with van der Waals surface area (Å²) in [4.78, 5) is 13.5. The Morgan fingerprint density at radius 1 is 1.39 bits per heavy atom. The van der Waals surface area contributed by atoms with E-state index in [1.165, 1.54) is 18.2 Å². The van der Waals surface area contributed by atoms with Gasteiger partial charge in [0.05, 0.1) is 5.69 Å². The van der Waals surface area contributed by atoms with E-state index in [9.17, 15) is 9.18 Å². The van der Waals surface area contributed by atoms with Gasteiger partial charge in [-0.1, -0.05) is 0 Å². The Labute approximate surface area is 106 Å². The molecule has 0 spiro atoms. The van der Waals surface area contributed by atoms with Crippen molar-refractivity contribution in [2.75, 3.05) is 25.9 Å². The van der Waals surface area contributed by atoms with Crippen molar-refractivity contribution in [1.82, 2.24) is 4.90 Å². The van der Waals surface area contributed by atoms with Gasteiger partial charge in [-0.05, 0) is 37.5 Å². The Bertz CT molecular complexity index is 410. The molecule has 0 saturated carbocycles. The number of hydrogen-bond donors (Lipinski definition) is 2. The van der Waals surface area contributed by atoms with Gasteiger partial charge in [-0.2, -0.15) is 0 Å². The minimum Gasteiger partial charge on any atom is -0.396 e. The SMILES string of the molecule is CN(CCCCCO)C(=O)c1ccc(F)c(N)c1. The number of unbranched alkanes of at least 4 members (excludes halogenated alkanes) is 2. The number of benzene rings is 1. The summed E-state index contributed by atoms with van der Waals surface area (Å²) in [5.41, 5.74) is 5.79. The fraction of sp³-hybridized carbons (Fsp3) is 0.462. The van der Waals surface area contributed by atoms with Gasteiger partial charge in [0.15, 0.2) is 0 Å².